The fourth-order valence-corrected chi connectivity index (χ4v) is 0.984. The lowest BCUT2D eigenvalue weighted by atomic mass is 10.4. The van der Waals surface area contributed by atoms with Gasteiger partial charge in [-0.1, -0.05) is 0 Å². The quantitative estimate of drug-likeness (QED) is 0.588. The molecule has 1 heterocycles. The van der Waals surface area contributed by atoms with E-state index in [1.165, 1.54) is 0 Å². The van der Waals surface area contributed by atoms with Crippen LogP contribution in [0.1, 0.15) is 6.92 Å². The van der Waals surface area contributed by atoms with Crippen molar-refractivity contribution in [3.05, 3.63) is 11.8 Å². The van der Waals surface area contributed by atoms with Crippen LogP contribution >= 0.6 is 15.9 Å². The first kappa shape index (κ1) is 5.82. The maximum atomic E-state index is 4.03. The molecule has 1 aliphatic heterocycles. The molecule has 0 aliphatic carbocycles. The second-order valence-electron chi connectivity index (χ2n) is 1.64. The first-order chi connectivity index (χ1) is 3.79. The first-order valence-corrected chi connectivity index (χ1v) is 3.20. The van der Waals surface area contributed by atoms with E-state index >= 15 is 0 Å². The third-order valence-corrected chi connectivity index (χ3v) is 1.40. The zero-order chi connectivity index (χ0) is 5.98. The lowest BCUT2D eigenvalue weighted by Gasteiger charge is -2.06. The molecule has 1 aliphatic rings. The number of allylic oxidation sites excluding steroid dienone is 2. The van der Waals surface area contributed by atoms with E-state index in [1.807, 2.05) is 13.0 Å². The summed E-state index contributed by atoms with van der Waals surface area (Å²) in [4.78, 5) is 4.03. The molecule has 8 heavy (non-hydrogen) atoms. The molecule has 0 aromatic carbocycles. The lowest BCUT2D eigenvalue weighted by Crippen LogP contribution is -2.15. The fraction of sp³-hybridized carbons (Fsp3) is 0.400. The molecule has 0 spiro atoms. The summed E-state index contributed by atoms with van der Waals surface area (Å²) in [6.45, 7) is 2.71. The largest absolute Gasteiger partial charge is 0.370 e. The van der Waals surface area contributed by atoms with Gasteiger partial charge in [-0.05, 0) is 28.9 Å². The summed E-state index contributed by atoms with van der Waals surface area (Å²) in [5, 5.41) is 3.06. The molecule has 0 aromatic rings. The molecule has 0 atom stereocenters. The summed E-state index contributed by atoms with van der Waals surface area (Å²) in [6, 6.07) is 0. The van der Waals surface area contributed by atoms with Gasteiger partial charge < -0.3 is 5.32 Å². The molecule has 0 amide bonds. The topological polar surface area (TPSA) is 24.4 Å². The van der Waals surface area contributed by atoms with Crippen molar-refractivity contribution in [3.63, 3.8) is 0 Å². The zero-order valence-corrected chi connectivity index (χ0v) is 6.20. The predicted molar refractivity (Wildman–Crippen MR) is 38.1 cm³/mol. The van der Waals surface area contributed by atoms with Crippen LogP contribution in [0.5, 0.6) is 0 Å². The number of hydrogen-bond acceptors (Lipinski definition) is 2. The Hall–Kier alpha value is -0.310. The fourth-order valence-electron chi connectivity index (χ4n) is 0.515. The number of nitrogens with zero attached hydrogens (tertiary/aromatic N) is 1. The summed E-state index contributed by atoms with van der Waals surface area (Å²) < 4.78 is 0.925. The molecule has 1 N–H and O–H groups in total. The van der Waals surface area contributed by atoms with Crippen molar-refractivity contribution in [1.82, 2.24) is 5.32 Å². The average molecular weight is 175 g/mol. The molecule has 1 rings (SSSR count). The van der Waals surface area contributed by atoms with Crippen LogP contribution in [-0.4, -0.2) is 11.3 Å². The van der Waals surface area contributed by atoms with E-state index < -0.39 is 0 Å². The Balaban J connectivity index is 2.69. The summed E-state index contributed by atoms with van der Waals surface area (Å²) in [5.74, 6) is 0. The molecule has 0 aromatic heterocycles. The van der Waals surface area contributed by atoms with Gasteiger partial charge in [0.15, 0.2) is 0 Å². The highest BCUT2D eigenvalue weighted by Gasteiger charge is 1.95. The monoisotopic (exact) mass is 174 g/mol. The maximum Gasteiger partial charge on any atom is 0.108 e. The number of hydrogen-bond donors (Lipinski definition) is 1. The van der Waals surface area contributed by atoms with E-state index in [0.717, 1.165) is 10.3 Å². The zero-order valence-electron chi connectivity index (χ0n) is 4.61. The van der Waals surface area contributed by atoms with Crippen molar-refractivity contribution in [2.24, 2.45) is 4.99 Å². The molecule has 0 bridgehead atoms. The van der Waals surface area contributed by atoms with Crippen molar-refractivity contribution in [2.75, 3.05) is 6.67 Å². The predicted octanol–water partition coefficient (Wildman–Crippen LogP) is 1.24. The van der Waals surface area contributed by atoms with E-state index in [-0.39, 0.29) is 0 Å². The standard InChI is InChI=1S/C5H7BrN2/c1-4-2-5(6)8-3-7-4/h2,7H,3H2,1H3. The lowest BCUT2D eigenvalue weighted by molar-refractivity contribution is 0.820. The molecular formula is C5H7BrN2. The molecule has 0 saturated carbocycles. The van der Waals surface area contributed by atoms with Crippen molar-refractivity contribution in [3.8, 4) is 0 Å². The Morgan fingerprint density at radius 2 is 2.62 bits per heavy atom. The Morgan fingerprint density at radius 1 is 1.88 bits per heavy atom. The van der Waals surface area contributed by atoms with Crippen LogP contribution in [-0.2, 0) is 0 Å². The molecule has 2 nitrogen and oxygen atoms in total. The number of nitrogens with one attached hydrogen (secondary N) is 1. The highest BCUT2D eigenvalue weighted by atomic mass is 79.9. The van der Waals surface area contributed by atoms with Crippen molar-refractivity contribution < 1.29 is 0 Å². The van der Waals surface area contributed by atoms with Gasteiger partial charge in [0.25, 0.3) is 0 Å². The van der Waals surface area contributed by atoms with Crippen LogP contribution in [0.15, 0.2) is 16.8 Å². The summed E-state index contributed by atoms with van der Waals surface area (Å²) in [5.41, 5.74) is 1.16. The van der Waals surface area contributed by atoms with Crippen LogP contribution < -0.4 is 5.32 Å². The summed E-state index contributed by atoms with van der Waals surface area (Å²) in [6.07, 6.45) is 1.95. The van der Waals surface area contributed by atoms with Gasteiger partial charge >= 0.3 is 0 Å². The molecule has 0 fully saturated rings. The Kier molecular flexibility index (Phi) is 1.68. The van der Waals surface area contributed by atoms with E-state index in [0.29, 0.717) is 6.67 Å². The molecule has 0 saturated heterocycles. The first-order valence-electron chi connectivity index (χ1n) is 2.41. The SMILES string of the molecule is CC1=CC(Br)=NCN1. The van der Waals surface area contributed by atoms with Crippen molar-refractivity contribution in [2.45, 2.75) is 6.92 Å². The van der Waals surface area contributed by atoms with Gasteiger partial charge in [-0.2, -0.15) is 0 Å². The molecule has 0 unspecified atom stereocenters. The van der Waals surface area contributed by atoms with E-state index in [9.17, 15) is 0 Å². The maximum absolute atomic E-state index is 4.03. The third kappa shape index (κ3) is 1.33. The van der Waals surface area contributed by atoms with Crippen LogP contribution in [0.3, 0.4) is 0 Å². The Bertz CT molecular complexity index is 149. The van der Waals surface area contributed by atoms with Gasteiger partial charge in [-0.3, -0.25) is 4.99 Å². The van der Waals surface area contributed by atoms with E-state index in [1.54, 1.807) is 0 Å². The van der Waals surface area contributed by atoms with Gasteiger partial charge in [0.05, 0.1) is 0 Å². The van der Waals surface area contributed by atoms with Crippen molar-refractivity contribution in [1.29, 1.82) is 0 Å². The second-order valence-corrected chi connectivity index (χ2v) is 2.46. The molecule has 44 valence electrons. The summed E-state index contributed by atoms with van der Waals surface area (Å²) >= 11 is 3.26. The minimum absolute atomic E-state index is 0.697. The summed E-state index contributed by atoms with van der Waals surface area (Å²) in [7, 11) is 0. The van der Waals surface area contributed by atoms with Gasteiger partial charge in [-0.25, -0.2) is 0 Å². The highest BCUT2D eigenvalue weighted by molar-refractivity contribution is 9.18. The van der Waals surface area contributed by atoms with Crippen molar-refractivity contribution >= 4 is 20.6 Å². The van der Waals surface area contributed by atoms with Crippen LogP contribution in [0.4, 0.5) is 0 Å². The molecule has 3 heteroatoms. The van der Waals surface area contributed by atoms with E-state index in [2.05, 4.69) is 26.2 Å². The van der Waals surface area contributed by atoms with Crippen LogP contribution in [0.2, 0.25) is 0 Å². The average Bonchev–Trinajstić information content (AvgIpc) is 1.64. The highest BCUT2D eigenvalue weighted by Crippen LogP contribution is 2.00. The smallest absolute Gasteiger partial charge is 0.108 e. The van der Waals surface area contributed by atoms with E-state index in [4.69, 9.17) is 0 Å². The van der Waals surface area contributed by atoms with Gasteiger partial charge in [0, 0.05) is 5.70 Å². The number of rotatable bonds is 0. The minimum Gasteiger partial charge on any atom is -0.370 e. The Morgan fingerprint density at radius 3 is 3.00 bits per heavy atom. The number of halogens is 1. The molecular weight excluding hydrogens is 168 g/mol. The Labute approximate surface area is 56.8 Å². The van der Waals surface area contributed by atoms with Gasteiger partial charge in [-0.15, -0.1) is 0 Å². The third-order valence-electron chi connectivity index (χ3n) is 0.924. The molecule has 0 radical (unpaired) electrons. The van der Waals surface area contributed by atoms with Gasteiger partial charge in [0.1, 0.15) is 11.3 Å². The van der Waals surface area contributed by atoms with Gasteiger partial charge in [0.2, 0.25) is 0 Å². The van der Waals surface area contributed by atoms with Crippen LogP contribution in [0, 0.1) is 0 Å². The number of aliphatic imine (C=N–C) groups is 1. The minimum atomic E-state index is 0.697. The second kappa shape index (κ2) is 2.31. The van der Waals surface area contributed by atoms with Crippen LogP contribution in [0.25, 0.3) is 0 Å². The normalized spacial score (nSPS) is 18.8.